The van der Waals surface area contributed by atoms with Gasteiger partial charge in [0.1, 0.15) is 6.04 Å². The van der Waals surface area contributed by atoms with Crippen molar-refractivity contribution < 1.29 is 27.6 Å². The van der Waals surface area contributed by atoms with Crippen LogP contribution in [0.5, 0.6) is 0 Å². The molecule has 3 heterocycles. The molecule has 0 aromatic heterocycles. The smallest absolute Gasteiger partial charge is 0.344 e. The Labute approximate surface area is 238 Å². The van der Waals surface area contributed by atoms with Crippen LogP contribution in [-0.2, 0) is 32.4 Å². The van der Waals surface area contributed by atoms with Crippen LogP contribution in [0.4, 0.5) is 18.9 Å². The van der Waals surface area contributed by atoms with Gasteiger partial charge in [0, 0.05) is 37.2 Å². The quantitative estimate of drug-likeness (QED) is 0.549. The lowest BCUT2D eigenvalue weighted by Gasteiger charge is -2.39. The maximum Gasteiger partial charge on any atom is 0.416 e. The highest BCUT2D eigenvalue weighted by Crippen LogP contribution is 2.43. The molecule has 2 saturated heterocycles. The number of piperidine rings is 2. The fourth-order valence-electron chi connectivity index (χ4n) is 6.43. The van der Waals surface area contributed by atoms with E-state index in [4.69, 9.17) is 0 Å². The zero-order chi connectivity index (χ0) is 29.4. The van der Waals surface area contributed by atoms with Crippen molar-refractivity contribution in [3.63, 3.8) is 0 Å². The molecule has 1 atom stereocenters. The summed E-state index contributed by atoms with van der Waals surface area (Å²) in [5.41, 5.74) is 0.400. The number of nitrogens with one attached hydrogen (secondary N) is 2. The number of hydrogen-bond acceptors (Lipinski definition) is 4. The predicted molar refractivity (Wildman–Crippen MR) is 149 cm³/mol. The van der Waals surface area contributed by atoms with E-state index in [0.29, 0.717) is 51.9 Å². The molecule has 3 aliphatic heterocycles. The summed E-state index contributed by atoms with van der Waals surface area (Å²) in [7, 11) is 0. The van der Waals surface area contributed by atoms with Gasteiger partial charge in [-0.3, -0.25) is 14.4 Å². The Morgan fingerprint density at radius 1 is 1.00 bits per heavy atom. The number of alkyl halides is 3. The zero-order valence-corrected chi connectivity index (χ0v) is 23.5. The lowest BCUT2D eigenvalue weighted by Crippen LogP contribution is -2.55. The highest BCUT2D eigenvalue weighted by molar-refractivity contribution is 6.08. The van der Waals surface area contributed by atoms with Gasteiger partial charge in [-0.1, -0.05) is 36.4 Å². The minimum atomic E-state index is -4.58. The zero-order valence-electron chi connectivity index (χ0n) is 23.5. The van der Waals surface area contributed by atoms with Gasteiger partial charge in [-0.25, -0.2) is 0 Å². The average Bonchev–Trinajstić information content (AvgIpc) is 3.17. The van der Waals surface area contributed by atoms with Gasteiger partial charge in [-0.15, -0.1) is 0 Å². The van der Waals surface area contributed by atoms with E-state index in [9.17, 15) is 27.6 Å². The van der Waals surface area contributed by atoms with Crippen LogP contribution >= 0.6 is 0 Å². The number of para-hydroxylation sites is 1. The van der Waals surface area contributed by atoms with E-state index in [2.05, 4.69) is 10.6 Å². The first-order valence-corrected chi connectivity index (χ1v) is 14.4. The van der Waals surface area contributed by atoms with Crippen LogP contribution < -0.4 is 15.5 Å². The maximum atomic E-state index is 13.8. The minimum absolute atomic E-state index is 0.0272. The summed E-state index contributed by atoms with van der Waals surface area (Å²) in [5, 5.41) is 6.01. The summed E-state index contributed by atoms with van der Waals surface area (Å²) in [4.78, 5) is 43.8. The number of carbonyl (C=O) groups excluding carboxylic acids is 3. The van der Waals surface area contributed by atoms with E-state index >= 15 is 0 Å². The highest BCUT2D eigenvalue weighted by atomic mass is 19.4. The van der Waals surface area contributed by atoms with E-state index in [-0.39, 0.29) is 35.8 Å². The highest BCUT2D eigenvalue weighted by Gasteiger charge is 2.47. The van der Waals surface area contributed by atoms with Crippen LogP contribution in [0.2, 0.25) is 0 Å². The summed E-state index contributed by atoms with van der Waals surface area (Å²) >= 11 is 0. The van der Waals surface area contributed by atoms with Gasteiger partial charge < -0.3 is 20.4 Å². The van der Waals surface area contributed by atoms with Gasteiger partial charge in [0.15, 0.2) is 0 Å². The number of benzene rings is 2. The van der Waals surface area contributed by atoms with Crippen molar-refractivity contribution in [3.05, 3.63) is 65.2 Å². The summed E-state index contributed by atoms with van der Waals surface area (Å²) in [6, 6.07) is 11.7. The Morgan fingerprint density at radius 2 is 1.63 bits per heavy atom. The van der Waals surface area contributed by atoms with Gasteiger partial charge in [0.05, 0.1) is 11.0 Å². The third-order valence-corrected chi connectivity index (χ3v) is 8.80. The Balaban J connectivity index is 1.33. The van der Waals surface area contributed by atoms with Crippen molar-refractivity contribution in [3.8, 4) is 0 Å². The summed E-state index contributed by atoms with van der Waals surface area (Å²) in [6.07, 6.45) is -2.53. The molecule has 2 fully saturated rings. The summed E-state index contributed by atoms with van der Waals surface area (Å²) in [5.74, 6) is -0.957. The largest absolute Gasteiger partial charge is 0.416 e. The number of nitrogens with zero attached hydrogens (tertiary/aromatic N) is 2. The monoisotopic (exact) mass is 570 g/mol. The number of rotatable bonds is 6. The molecule has 0 aliphatic carbocycles. The van der Waals surface area contributed by atoms with Gasteiger partial charge in [0.2, 0.25) is 17.7 Å². The SMILES string of the molecule is CC1(C)C(=O)N(C2CCN(C(=O)[C@H](Cc3ccccc3C(F)(F)F)NC(=O)C3CCNCC3)CC2)c2ccccc21. The Bertz CT molecular complexity index is 1300. The molecule has 2 aromatic carbocycles. The van der Waals surface area contributed by atoms with E-state index in [1.54, 1.807) is 4.90 Å². The van der Waals surface area contributed by atoms with Crippen LogP contribution in [0.1, 0.15) is 56.2 Å². The number of halogens is 3. The Hall–Kier alpha value is -3.40. The maximum absolute atomic E-state index is 13.8. The minimum Gasteiger partial charge on any atom is -0.344 e. The molecule has 0 bridgehead atoms. The molecular formula is C31H37F3N4O3. The molecule has 0 radical (unpaired) electrons. The Morgan fingerprint density at radius 3 is 2.32 bits per heavy atom. The van der Waals surface area contributed by atoms with Crippen LogP contribution in [0.25, 0.3) is 0 Å². The summed E-state index contributed by atoms with van der Waals surface area (Å²) < 4.78 is 41.3. The molecule has 0 saturated carbocycles. The van der Waals surface area contributed by atoms with Crippen LogP contribution in [0, 0.1) is 5.92 Å². The van der Waals surface area contributed by atoms with E-state index in [1.165, 1.54) is 18.2 Å². The third-order valence-electron chi connectivity index (χ3n) is 8.80. The molecular weight excluding hydrogens is 533 g/mol. The predicted octanol–water partition coefficient (Wildman–Crippen LogP) is 4.05. The molecule has 5 rings (SSSR count). The molecule has 2 N–H and O–H groups in total. The van der Waals surface area contributed by atoms with Crippen LogP contribution in [0.15, 0.2) is 48.5 Å². The number of anilines is 1. The first-order chi connectivity index (χ1) is 19.5. The number of likely N-dealkylation sites (tertiary alicyclic amines) is 1. The van der Waals surface area contributed by atoms with Crippen molar-refractivity contribution in [1.29, 1.82) is 0 Å². The average molecular weight is 571 g/mol. The van der Waals surface area contributed by atoms with Gasteiger partial charge in [-0.2, -0.15) is 13.2 Å². The Kier molecular flexibility index (Phi) is 8.14. The second-order valence-corrected chi connectivity index (χ2v) is 11.8. The molecule has 2 aromatic rings. The van der Waals surface area contributed by atoms with Gasteiger partial charge >= 0.3 is 6.18 Å². The van der Waals surface area contributed by atoms with Crippen molar-refractivity contribution in [2.75, 3.05) is 31.1 Å². The first kappa shape index (κ1) is 29.1. The fourth-order valence-corrected chi connectivity index (χ4v) is 6.43. The number of amides is 3. The molecule has 220 valence electrons. The lowest BCUT2D eigenvalue weighted by molar-refractivity contribution is -0.140. The standard InChI is InChI=1S/C31H37F3N4O3/c1-30(2)24-9-5-6-10-26(24)38(29(30)41)22-13-17-37(18-14-22)28(40)25(36-27(39)20-11-15-35-16-12-20)19-21-7-3-4-8-23(21)31(32,33)34/h3-10,20,22,25,35H,11-19H2,1-2H3,(H,36,39)/t25-/m0/s1. The second kappa shape index (κ2) is 11.5. The van der Waals surface area contributed by atoms with Gasteiger partial charge in [-0.05, 0) is 75.9 Å². The number of fused-ring (bicyclic) bond motifs is 1. The van der Waals surface area contributed by atoms with Crippen molar-refractivity contribution in [2.24, 2.45) is 5.92 Å². The van der Waals surface area contributed by atoms with Crippen molar-refractivity contribution in [1.82, 2.24) is 15.5 Å². The molecule has 10 heteroatoms. The lowest BCUT2D eigenvalue weighted by atomic mass is 9.86. The molecule has 3 aliphatic rings. The first-order valence-electron chi connectivity index (χ1n) is 14.4. The second-order valence-electron chi connectivity index (χ2n) is 11.8. The molecule has 0 unspecified atom stereocenters. The fraction of sp³-hybridized carbons (Fsp3) is 0.516. The normalized spacial score (nSPS) is 20.6. The number of hydrogen-bond donors (Lipinski definition) is 2. The van der Waals surface area contributed by atoms with Crippen LogP contribution in [0.3, 0.4) is 0 Å². The third kappa shape index (κ3) is 5.84. The topological polar surface area (TPSA) is 81.8 Å². The van der Waals surface area contributed by atoms with Crippen LogP contribution in [-0.4, -0.2) is 60.9 Å². The van der Waals surface area contributed by atoms with E-state index in [0.717, 1.165) is 17.3 Å². The molecule has 3 amide bonds. The van der Waals surface area contributed by atoms with E-state index in [1.807, 2.05) is 43.0 Å². The molecule has 7 nitrogen and oxygen atoms in total. The molecule has 41 heavy (non-hydrogen) atoms. The van der Waals surface area contributed by atoms with Crippen molar-refractivity contribution in [2.45, 2.75) is 69.6 Å². The summed E-state index contributed by atoms with van der Waals surface area (Å²) in [6.45, 7) is 5.88. The van der Waals surface area contributed by atoms with Gasteiger partial charge in [0.25, 0.3) is 0 Å². The van der Waals surface area contributed by atoms with Crippen molar-refractivity contribution >= 4 is 23.4 Å². The molecule has 0 spiro atoms. The van der Waals surface area contributed by atoms with E-state index < -0.39 is 29.1 Å². The number of carbonyl (C=O) groups is 3.